The summed E-state index contributed by atoms with van der Waals surface area (Å²) < 4.78 is 0. The number of carbonyl (C=O) groups excluding carboxylic acids is 2. The third-order valence-electron chi connectivity index (χ3n) is 7.92. The molecule has 37 heavy (non-hydrogen) atoms. The van der Waals surface area contributed by atoms with E-state index in [0.717, 1.165) is 63.2 Å². The fraction of sp³-hybridized carbons (Fsp3) is 0.533. The minimum Gasteiger partial charge on any atom is -0.343 e. The molecule has 0 radical (unpaired) electrons. The van der Waals surface area contributed by atoms with Crippen LogP contribution in [0.3, 0.4) is 0 Å². The van der Waals surface area contributed by atoms with Crippen molar-refractivity contribution in [2.75, 3.05) is 32.7 Å². The molecule has 2 heterocycles. The highest BCUT2D eigenvalue weighted by Crippen LogP contribution is 2.32. The maximum absolute atomic E-state index is 13.4. The first-order valence-corrected chi connectivity index (χ1v) is 14.1. The van der Waals surface area contributed by atoms with Crippen LogP contribution in [0.4, 0.5) is 0 Å². The van der Waals surface area contributed by atoms with Crippen LogP contribution in [0.25, 0.3) is 11.1 Å². The van der Waals surface area contributed by atoms with Crippen molar-refractivity contribution in [3.8, 4) is 11.1 Å². The van der Waals surface area contributed by atoms with Gasteiger partial charge in [-0.1, -0.05) is 74.3 Å². The topological polar surface area (TPSA) is 43.9 Å². The van der Waals surface area contributed by atoms with E-state index < -0.39 is 0 Å². The fourth-order valence-corrected chi connectivity index (χ4v) is 5.87. The Hall–Kier alpha value is -2.08. The summed E-state index contributed by atoms with van der Waals surface area (Å²) in [6.45, 7) is 13.2. The summed E-state index contributed by atoms with van der Waals surface area (Å²) in [6, 6.07) is 14.5. The minimum absolute atomic E-state index is 0.00989. The number of likely N-dealkylation sites (tertiary alicyclic amines) is 1. The molecule has 2 aromatic rings. The lowest BCUT2D eigenvalue weighted by Gasteiger charge is -2.48. The Morgan fingerprint density at radius 1 is 0.892 bits per heavy atom. The third kappa shape index (κ3) is 7.07. The fourth-order valence-electron chi connectivity index (χ4n) is 5.58. The normalized spacial score (nSPS) is 19.8. The Morgan fingerprint density at radius 3 is 2.14 bits per heavy atom. The van der Waals surface area contributed by atoms with Crippen LogP contribution in [0.15, 0.2) is 42.5 Å². The summed E-state index contributed by atoms with van der Waals surface area (Å²) in [5.41, 5.74) is 3.41. The van der Waals surface area contributed by atoms with Gasteiger partial charge in [0.1, 0.15) is 0 Å². The van der Waals surface area contributed by atoms with E-state index >= 15 is 0 Å². The van der Waals surface area contributed by atoms with Gasteiger partial charge in [0.15, 0.2) is 0 Å². The number of carbonyl (C=O) groups is 2. The zero-order chi connectivity index (χ0) is 26.7. The van der Waals surface area contributed by atoms with Gasteiger partial charge in [0.2, 0.25) is 11.8 Å². The molecule has 2 aromatic carbocycles. The smallest absolute Gasteiger partial charge is 0.223 e. The van der Waals surface area contributed by atoms with E-state index in [9.17, 15) is 9.59 Å². The molecule has 2 aliphatic heterocycles. The number of nitrogens with zero attached hydrogens (tertiary/aromatic N) is 3. The summed E-state index contributed by atoms with van der Waals surface area (Å²) in [5.74, 6) is 0.778. The Labute approximate surface area is 231 Å². The first-order valence-electron chi connectivity index (χ1n) is 13.3. The maximum Gasteiger partial charge on any atom is 0.223 e. The summed E-state index contributed by atoms with van der Waals surface area (Å²) in [6.07, 6.45) is 2.43. The van der Waals surface area contributed by atoms with Crippen LogP contribution < -0.4 is 0 Å². The predicted molar refractivity (Wildman–Crippen MR) is 152 cm³/mol. The van der Waals surface area contributed by atoms with Crippen molar-refractivity contribution < 1.29 is 9.59 Å². The van der Waals surface area contributed by atoms with Gasteiger partial charge in [0.05, 0.1) is 10.0 Å². The van der Waals surface area contributed by atoms with Gasteiger partial charge in [-0.15, -0.1) is 0 Å². The molecule has 200 valence electrons. The standard InChI is InChI=1S/C30H39Cl2N3O2/c1-21(36)34-13-11-22(12-14-34)17-29(37)35-16-15-33(20-28(35)30(2,3)4)19-23-5-7-24(8-6-23)25-9-10-26(31)27(32)18-25/h5-10,18,22,28H,11-17,19-20H2,1-4H3/t28-/m1/s1. The van der Waals surface area contributed by atoms with Crippen LogP contribution in [0.2, 0.25) is 10.0 Å². The Balaban J connectivity index is 1.36. The molecule has 0 aliphatic carbocycles. The molecule has 7 heteroatoms. The van der Waals surface area contributed by atoms with Gasteiger partial charge >= 0.3 is 0 Å². The van der Waals surface area contributed by atoms with Crippen LogP contribution in [0, 0.1) is 11.3 Å². The lowest BCUT2D eigenvalue weighted by atomic mass is 9.83. The van der Waals surface area contributed by atoms with Gasteiger partial charge in [0, 0.05) is 58.7 Å². The maximum atomic E-state index is 13.4. The highest BCUT2D eigenvalue weighted by Gasteiger charge is 2.38. The molecule has 0 aromatic heterocycles. The molecule has 2 aliphatic rings. The molecular formula is C30H39Cl2N3O2. The van der Waals surface area contributed by atoms with E-state index in [1.54, 1.807) is 6.92 Å². The van der Waals surface area contributed by atoms with Gasteiger partial charge in [-0.25, -0.2) is 0 Å². The van der Waals surface area contributed by atoms with Crippen LogP contribution >= 0.6 is 23.2 Å². The van der Waals surface area contributed by atoms with Crippen molar-refractivity contribution in [1.82, 2.24) is 14.7 Å². The summed E-state index contributed by atoms with van der Waals surface area (Å²) >= 11 is 12.3. The van der Waals surface area contributed by atoms with Crippen molar-refractivity contribution in [2.45, 2.75) is 59.5 Å². The first-order chi connectivity index (χ1) is 17.5. The molecule has 2 amide bonds. The Kier molecular flexibility index (Phi) is 8.88. The largest absolute Gasteiger partial charge is 0.343 e. The van der Waals surface area contributed by atoms with E-state index in [4.69, 9.17) is 23.2 Å². The van der Waals surface area contributed by atoms with E-state index in [2.05, 4.69) is 54.8 Å². The monoisotopic (exact) mass is 543 g/mol. The lowest BCUT2D eigenvalue weighted by molar-refractivity contribution is -0.141. The molecule has 0 N–H and O–H groups in total. The highest BCUT2D eigenvalue weighted by atomic mass is 35.5. The number of hydrogen-bond donors (Lipinski definition) is 0. The highest BCUT2D eigenvalue weighted by molar-refractivity contribution is 6.42. The Morgan fingerprint density at radius 2 is 1.54 bits per heavy atom. The summed E-state index contributed by atoms with van der Waals surface area (Å²) in [5, 5.41) is 1.12. The third-order valence-corrected chi connectivity index (χ3v) is 8.66. The number of benzene rings is 2. The number of rotatable bonds is 5. The second-order valence-electron chi connectivity index (χ2n) is 11.7. The van der Waals surface area contributed by atoms with Crippen molar-refractivity contribution in [2.24, 2.45) is 11.3 Å². The molecule has 2 saturated heterocycles. The minimum atomic E-state index is -0.00989. The number of amides is 2. The number of piperazine rings is 1. The molecular weight excluding hydrogens is 505 g/mol. The van der Waals surface area contributed by atoms with Gasteiger partial charge in [-0.3, -0.25) is 14.5 Å². The van der Waals surface area contributed by atoms with Gasteiger partial charge < -0.3 is 9.80 Å². The lowest BCUT2D eigenvalue weighted by Crippen LogP contribution is -2.59. The van der Waals surface area contributed by atoms with E-state index in [1.807, 2.05) is 23.1 Å². The zero-order valence-corrected chi connectivity index (χ0v) is 24.0. The van der Waals surface area contributed by atoms with Gasteiger partial charge in [-0.05, 0) is 53.0 Å². The van der Waals surface area contributed by atoms with Gasteiger partial charge in [-0.2, -0.15) is 0 Å². The van der Waals surface area contributed by atoms with Crippen LogP contribution in [0.5, 0.6) is 0 Å². The Bertz CT molecular complexity index is 1100. The molecule has 0 bridgehead atoms. The molecule has 4 rings (SSSR count). The zero-order valence-electron chi connectivity index (χ0n) is 22.5. The van der Waals surface area contributed by atoms with Gasteiger partial charge in [0.25, 0.3) is 0 Å². The van der Waals surface area contributed by atoms with Crippen LogP contribution in [-0.4, -0.2) is 65.3 Å². The molecule has 5 nitrogen and oxygen atoms in total. The SMILES string of the molecule is CC(=O)N1CCC(CC(=O)N2CCN(Cc3ccc(-c4ccc(Cl)c(Cl)c4)cc3)C[C@@H]2C(C)(C)C)CC1. The summed E-state index contributed by atoms with van der Waals surface area (Å²) in [4.78, 5) is 31.6. The number of piperidine rings is 1. The number of hydrogen-bond acceptors (Lipinski definition) is 3. The van der Waals surface area contributed by atoms with E-state index in [1.165, 1.54) is 5.56 Å². The van der Waals surface area contributed by atoms with E-state index in [0.29, 0.717) is 22.4 Å². The van der Waals surface area contributed by atoms with Crippen LogP contribution in [-0.2, 0) is 16.1 Å². The quantitative estimate of drug-likeness (QED) is 0.440. The van der Waals surface area contributed by atoms with Crippen molar-refractivity contribution in [1.29, 1.82) is 0 Å². The van der Waals surface area contributed by atoms with Crippen molar-refractivity contribution in [3.63, 3.8) is 0 Å². The summed E-state index contributed by atoms with van der Waals surface area (Å²) in [7, 11) is 0. The second-order valence-corrected chi connectivity index (χ2v) is 12.5. The number of halogens is 2. The average Bonchev–Trinajstić information content (AvgIpc) is 2.86. The second kappa shape index (κ2) is 11.8. The van der Waals surface area contributed by atoms with Crippen molar-refractivity contribution >= 4 is 35.0 Å². The van der Waals surface area contributed by atoms with E-state index in [-0.39, 0.29) is 23.3 Å². The average molecular weight is 545 g/mol. The molecule has 1 atom stereocenters. The first kappa shape index (κ1) is 27.9. The van der Waals surface area contributed by atoms with Crippen molar-refractivity contribution in [3.05, 3.63) is 58.1 Å². The molecule has 2 fully saturated rings. The predicted octanol–water partition coefficient (Wildman–Crippen LogP) is 6.37. The molecule has 0 unspecified atom stereocenters. The molecule has 0 spiro atoms. The van der Waals surface area contributed by atoms with Crippen LogP contribution in [0.1, 0.15) is 52.5 Å². The molecule has 0 saturated carbocycles.